The Hall–Kier alpha value is -2.61. The molecule has 4 rings (SSSR count). The highest BCUT2D eigenvalue weighted by atomic mass is 16.5. The molecule has 0 unspecified atom stereocenters. The average Bonchev–Trinajstić information content (AvgIpc) is 3.39. The largest absolute Gasteiger partial charge is 0.474 e. The van der Waals surface area contributed by atoms with E-state index in [1.54, 1.807) is 6.20 Å². The maximum Gasteiger partial charge on any atom is 0.317 e. The van der Waals surface area contributed by atoms with Crippen LogP contribution in [-0.2, 0) is 13.1 Å². The van der Waals surface area contributed by atoms with E-state index in [1.807, 2.05) is 30.0 Å². The van der Waals surface area contributed by atoms with Gasteiger partial charge in [-0.15, -0.1) is 0 Å². The van der Waals surface area contributed by atoms with E-state index in [0.29, 0.717) is 25.5 Å². The standard InChI is InChI=1S/C21H29N5O3/c1-16-13-19(29-24-16)15-25-9-11-26(12-10-25)21(27)23-14-17-5-4-8-22-20(17)28-18-6-2-3-7-18/h4-5,8,13,18H,2-3,6-7,9-12,14-15H2,1H3,(H,23,27). The van der Waals surface area contributed by atoms with Crippen molar-refractivity contribution in [1.82, 2.24) is 25.3 Å². The van der Waals surface area contributed by atoms with Gasteiger partial charge in [0.05, 0.1) is 12.2 Å². The molecule has 8 heteroatoms. The first kappa shape index (κ1) is 19.7. The van der Waals surface area contributed by atoms with Crippen molar-refractivity contribution in [1.29, 1.82) is 0 Å². The van der Waals surface area contributed by atoms with Gasteiger partial charge >= 0.3 is 6.03 Å². The Morgan fingerprint density at radius 1 is 1.28 bits per heavy atom. The SMILES string of the molecule is Cc1cc(CN2CCN(C(=O)NCc3cccnc3OC3CCCC3)CC2)on1. The van der Waals surface area contributed by atoms with E-state index in [1.165, 1.54) is 12.8 Å². The van der Waals surface area contributed by atoms with Crippen molar-refractivity contribution in [3.8, 4) is 5.88 Å². The summed E-state index contributed by atoms with van der Waals surface area (Å²) >= 11 is 0. The van der Waals surface area contributed by atoms with Crippen molar-refractivity contribution in [2.75, 3.05) is 26.2 Å². The summed E-state index contributed by atoms with van der Waals surface area (Å²) in [6.45, 7) is 6.09. The molecule has 0 radical (unpaired) electrons. The van der Waals surface area contributed by atoms with Crippen LogP contribution in [-0.4, -0.2) is 58.3 Å². The number of carbonyl (C=O) groups is 1. The monoisotopic (exact) mass is 399 g/mol. The van der Waals surface area contributed by atoms with Gasteiger partial charge in [-0.05, 0) is 38.7 Å². The van der Waals surface area contributed by atoms with E-state index < -0.39 is 0 Å². The van der Waals surface area contributed by atoms with E-state index in [2.05, 4.69) is 20.4 Å². The van der Waals surface area contributed by atoms with Gasteiger partial charge in [-0.25, -0.2) is 9.78 Å². The fourth-order valence-corrected chi connectivity index (χ4v) is 3.93. The van der Waals surface area contributed by atoms with Gasteiger partial charge in [-0.2, -0.15) is 0 Å². The molecule has 29 heavy (non-hydrogen) atoms. The summed E-state index contributed by atoms with van der Waals surface area (Å²) in [7, 11) is 0. The van der Waals surface area contributed by atoms with Gasteiger partial charge in [0, 0.05) is 50.6 Å². The second-order valence-corrected chi connectivity index (χ2v) is 7.85. The lowest BCUT2D eigenvalue weighted by Crippen LogP contribution is -2.51. The smallest absolute Gasteiger partial charge is 0.317 e. The lowest BCUT2D eigenvalue weighted by atomic mass is 10.2. The van der Waals surface area contributed by atoms with Gasteiger partial charge in [0.15, 0.2) is 5.76 Å². The molecule has 156 valence electrons. The summed E-state index contributed by atoms with van der Waals surface area (Å²) in [4.78, 5) is 21.1. The minimum absolute atomic E-state index is 0.0455. The zero-order valence-corrected chi connectivity index (χ0v) is 17.0. The molecule has 1 saturated heterocycles. The molecule has 3 heterocycles. The number of urea groups is 1. The summed E-state index contributed by atoms with van der Waals surface area (Å²) in [5.74, 6) is 1.51. The molecule has 0 atom stereocenters. The third-order valence-corrected chi connectivity index (χ3v) is 5.58. The maximum atomic E-state index is 12.6. The number of aryl methyl sites for hydroxylation is 1. The van der Waals surface area contributed by atoms with Gasteiger partial charge in [0.1, 0.15) is 6.10 Å². The summed E-state index contributed by atoms with van der Waals surface area (Å²) in [5, 5.41) is 6.95. The van der Waals surface area contributed by atoms with Crippen molar-refractivity contribution >= 4 is 6.03 Å². The molecule has 1 aliphatic carbocycles. The predicted octanol–water partition coefficient (Wildman–Crippen LogP) is 2.73. The van der Waals surface area contributed by atoms with Crippen LogP contribution in [0.2, 0.25) is 0 Å². The summed E-state index contributed by atoms with van der Waals surface area (Å²) < 4.78 is 11.3. The Morgan fingerprint density at radius 2 is 2.07 bits per heavy atom. The van der Waals surface area contributed by atoms with E-state index in [0.717, 1.165) is 49.5 Å². The van der Waals surface area contributed by atoms with Gasteiger partial charge in [0.2, 0.25) is 5.88 Å². The highest BCUT2D eigenvalue weighted by Gasteiger charge is 2.23. The van der Waals surface area contributed by atoms with Crippen LogP contribution in [0.1, 0.15) is 42.7 Å². The van der Waals surface area contributed by atoms with Gasteiger partial charge < -0.3 is 19.5 Å². The first-order chi connectivity index (χ1) is 14.2. The van der Waals surface area contributed by atoms with E-state index in [9.17, 15) is 4.79 Å². The minimum atomic E-state index is -0.0455. The lowest BCUT2D eigenvalue weighted by molar-refractivity contribution is 0.127. The molecule has 2 fully saturated rings. The van der Waals surface area contributed by atoms with Gasteiger partial charge in [-0.3, -0.25) is 4.90 Å². The predicted molar refractivity (Wildman–Crippen MR) is 107 cm³/mol. The fourth-order valence-electron chi connectivity index (χ4n) is 3.93. The van der Waals surface area contributed by atoms with Crippen LogP contribution in [0.15, 0.2) is 28.9 Å². The minimum Gasteiger partial charge on any atom is -0.474 e. The van der Waals surface area contributed by atoms with Crippen LogP contribution < -0.4 is 10.1 Å². The number of hydrogen-bond acceptors (Lipinski definition) is 6. The number of pyridine rings is 1. The van der Waals surface area contributed by atoms with Crippen molar-refractivity contribution in [2.45, 2.75) is 51.8 Å². The highest BCUT2D eigenvalue weighted by molar-refractivity contribution is 5.74. The van der Waals surface area contributed by atoms with Crippen LogP contribution in [0.3, 0.4) is 0 Å². The quantitative estimate of drug-likeness (QED) is 0.804. The van der Waals surface area contributed by atoms with Crippen molar-refractivity contribution in [3.63, 3.8) is 0 Å². The topological polar surface area (TPSA) is 83.7 Å². The van der Waals surface area contributed by atoms with Crippen molar-refractivity contribution < 1.29 is 14.1 Å². The molecule has 1 saturated carbocycles. The van der Waals surface area contributed by atoms with E-state index in [4.69, 9.17) is 9.26 Å². The van der Waals surface area contributed by atoms with Crippen LogP contribution in [0.25, 0.3) is 0 Å². The number of nitrogens with zero attached hydrogens (tertiary/aromatic N) is 4. The number of nitrogens with one attached hydrogen (secondary N) is 1. The fraction of sp³-hybridized carbons (Fsp3) is 0.571. The molecule has 0 spiro atoms. The molecule has 2 aromatic rings. The van der Waals surface area contributed by atoms with E-state index >= 15 is 0 Å². The number of carbonyl (C=O) groups excluding carboxylic acids is 1. The van der Waals surface area contributed by atoms with Crippen LogP contribution in [0.4, 0.5) is 4.79 Å². The summed E-state index contributed by atoms with van der Waals surface area (Å²) in [6.07, 6.45) is 6.59. The van der Waals surface area contributed by atoms with Crippen LogP contribution in [0.5, 0.6) is 5.88 Å². The summed E-state index contributed by atoms with van der Waals surface area (Å²) in [6, 6.07) is 5.76. The number of hydrogen-bond donors (Lipinski definition) is 1. The Morgan fingerprint density at radius 3 is 2.79 bits per heavy atom. The number of piperazine rings is 1. The first-order valence-corrected chi connectivity index (χ1v) is 10.5. The zero-order valence-electron chi connectivity index (χ0n) is 17.0. The second kappa shape index (κ2) is 9.26. The van der Waals surface area contributed by atoms with Crippen molar-refractivity contribution in [3.05, 3.63) is 41.4 Å². The molecule has 1 aliphatic heterocycles. The number of ether oxygens (including phenoxy) is 1. The first-order valence-electron chi connectivity index (χ1n) is 10.5. The third-order valence-electron chi connectivity index (χ3n) is 5.58. The third kappa shape index (κ3) is 5.26. The summed E-state index contributed by atoms with van der Waals surface area (Å²) in [5.41, 5.74) is 1.82. The molecule has 8 nitrogen and oxygen atoms in total. The van der Waals surface area contributed by atoms with Crippen molar-refractivity contribution in [2.24, 2.45) is 0 Å². The molecule has 0 aromatic carbocycles. The molecule has 1 N–H and O–H groups in total. The molecule has 2 amide bonds. The number of aromatic nitrogens is 2. The average molecular weight is 399 g/mol. The number of rotatable bonds is 6. The Labute approximate surface area is 171 Å². The Bertz CT molecular complexity index is 810. The van der Waals surface area contributed by atoms with E-state index in [-0.39, 0.29) is 12.1 Å². The second-order valence-electron chi connectivity index (χ2n) is 7.85. The highest BCUT2D eigenvalue weighted by Crippen LogP contribution is 2.25. The van der Waals surface area contributed by atoms with Gasteiger partial charge in [0.25, 0.3) is 0 Å². The van der Waals surface area contributed by atoms with Crippen LogP contribution >= 0.6 is 0 Å². The maximum absolute atomic E-state index is 12.6. The zero-order chi connectivity index (χ0) is 20.1. The molecular formula is C21H29N5O3. The number of amides is 2. The molecular weight excluding hydrogens is 370 g/mol. The molecule has 0 bridgehead atoms. The Balaban J connectivity index is 1.24. The lowest BCUT2D eigenvalue weighted by Gasteiger charge is -2.34. The van der Waals surface area contributed by atoms with Crippen LogP contribution in [0, 0.1) is 6.92 Å². The van der Waals surface area contributed by atoms with Gasteiger partial charge in [-0.1, -0.05) is 11.2 Å². The normalized spacial score (nSPS) is 18.2. The Kier molecular flexibility index (Phi) is 6.29. The molecule has 2 aliphatic rings. The molecule has 2 aromatic heterocycles.